The molecule has 0 fully saturated rings. The Morgan fingerprint density at radius 2 is 1.55 bits per heavy atom. The first-order chi connectivity index (χ1) is 10.6. The molecule has 0 radical (unpaired) electrons. The highest BCUT2D eigenvalue weighted by molar-refractivity contribution is 9.10. The Bertz CT molecular complexity index is 689. The van der Waals surface area contributed by atoms with Gasteiger partial charge in [0, 0.05) is 27.6 Å². The van der Waals surface area contributed by atoms with Crippen molar-refractivity contribution in [2.45, 2.75) is 0 Å². The maximum atomic E-state index is 12.0. The van der Waals surface area contributed by atoms with E-state index in [0.717, 1.165) is 8.95 Å². The number of amides is 2. The van der Waals surface area contributed by atoms with Crippen LogP contribution < -0.4 is 10.6 Å². The van der Waals surface area contributed by atoms with Crippen LogP contribution in [0.5, 0.6) is 0 Å². The zero-order valence-electron chi connectivity index (χ0n) is 11.6. The van der Waals surface area contributed by atoms with E-state index < -0.39 is 0 Å². The molecule has 0 heterocycles. The van der Waals surface area contributed by atoms with Crippen molar-refractivity contribution >= 4 is 43.7 Å². The van der Waals surface area contributed by atoms with Crippen molar-refractivity contribution in [3.8, 4) is 0 Å². The Kier molecular flexibility index (Phi) is 6.15. The molecular weight excluding hydrogens is 412 g/mol. The summed E-state index contributed by atoms with van der Waals surface area (Å²) >= 11 is 6.65. The molecule has 2 N–H and O–H groups in total. The molecule has 0 spiro atoms. The summed E-state index contributed by atoms with van der Waals surface area (Å²) in [6, 6.07) is 14.3. The van der Waals surface area contributed by atoms with E-state index in [0.29, 0.717) is 24.2 Å². The summed E-state index contributed by atoms with van der Waals surface area (Å²) in [7, 11) is 0. The van der Waals surface area contributed by atoms with Crippen molar-refractivity contribution in [3.05, 3.63) is 68.6 Å². The summed E-state index contributed by atoms with van der Waals surface area (Å²) in [6.45, 7) is 0.724. The summed E-state index contributed by atoms with van der Waals surface area (Å²) in [5.41, 5.74) is 1.15. The minimum Gasteiger partial charge on any atom is -0.350 e. The maximum absolute atomic E-state index is 12.0. The van der Waals surface area contributed by atoms with Crippen molar-refractivity contribution in [1.29, 1.82) is 0 Å². The first kappa shape index (κ1) is 16.7. The summed E-state index contributed by atoms with van der Waals surface area (Å²) in [4.78, 5) is 23.9. The van der Waals surface area contributed by atoms with E-state index in [2.05, 4.69) is 42.5 Å². The SMILES string of the molecule is O=C(NCCNC(=O)c1ccccc1Br)c1cccc(Br)c1. The lowest BCUT2D eigenvalue weighted by Gasteiger charge is -2.08. The molecule has 22 heavy (non-hydrogen) atoms. The molecule has 6 heteroatoms. The van der Waals surface area contributed by atoms with Gasteiger partial charge in [-0.3, -0.25) is 9.59 Å². The number of nitrogens with one attached hydrogen (secondary N) is 2. The second kappa shape index (κ2) is 8.10. The number of benzene rings is 2. The fraction of sp³-hybridized carbons (Fsp3) is 0.125. The van der Waals surface area contributed by atoms with E-state index in [9.17, 15) is 9.59 Å². The van der Waals surface area contributed by atoms with E-state index in [4.69, 9.17) is 0 Å². The molecule has 0 atom stereocenters. The molecule has 0 aliphatic heterocycles. The van der Waals surface area contributed by atoms with Crippen LogP contribution in [0, 0.1) is 0 Å². The minimum absolute atomic E-state index is 0.170. The van der Waals surface area contributed by atoms with E-state index in [1.165, 1.54) is 0 Å². The third kappa shape index (κ3) is 4.68. The van der Waals surface area contributed by atoms with Gasteiger partial charge in [-0.25, -0.2) is 0 Å². The lowest BCUT2D eigenvalue weighted by molar-refractivity contribution is 0.0927. The third-order valence-electron chi connectivity index (χ3n) is 2.90. The van der Waals surface area contributed by atoms with Gasteiger partial charge < -0.3 is 10.6 Å². The molecule has 0 aliphatic rings. The highest BCUT2D eigenvalue weighted by Crippen LogP contribution is 2.15. The van der Waals surface area contributed by atoms with Crippen LogP contribution in [-0.4, -0.2) is 24.9 Å². The number of rotatable bonds is 5. The molecular formula is C16H14Br2N2O2. The Labute approximate surface area is 145 Å². The predicted molar refractivity (Wildman–Crippen MR) is 93.0 cm³/mol. The maximum Gasteiger partial charge on any atom is 0.252 e. The van der Waals surface area contributed by atoms with Crippen molar-refractivity contribution in [3.63, 3.8) is 0 Å². The van der Waals surface area contributed by atoms with Crippen LogP contribution in [0.25, 0.3) is 0 Å². The van der Waals surface area contributed by atoms with Gasteiger partial charge in [-0.1, -0.05) is 34.1 Å². The van der Waals surface area contributed by atoms with Gasteiger partial charge in [-0.2, -0.15) is 0 Å². The molecule has 4 nitrogen and oxygen atoms in total. The normalized spacial score (nSPS) is 10.1. The van der Waals surface area contributed by atoms with Crippen LogP contribution in [0.1, 0.15) is 20.7 Å². The average molecular weight is 426 g/mol. The second-order valence-corrected chi connectivity index (χ2v) is 6.27. The molecule has 2 aromatic carbocycles. The molecule has 2 amide bonds. The van der Waals surface area contributed by atoms with Gasteiger partial charge in [-0.15, -0.1) is 0 Å². The molecule has 0 aliphatic carbocycles. The second-order valence-electron chi connectivity index (χ2n) is 4.50. The molecule has 114 valence electrons. The number of hydrogen-bond acceptors (Lipinski definition) is 2. The van der Waals surface area contributed by atoms with E-state index in [-0.39, 0.29) is 11.8 Å². The van der Waals surface area contributed by atoms with E-state index >= 15 is 0 Å². The average Bonchev–Trinajstić information content (AvgIpc) is 2.51. The van der Waals surface area contributed by atoms with Crippen LogP contribution in [0.15, 0.2) is 57.5 Å². The zero-order valence-corrected chi connectivity index (χ0v) is 14.8. The van der Waals surface area contributed by atoms with Gasteiger partial charge in [0.1, 0.15) is 0 Å². The van der Waals surface area contributed by atoms with Crippen molar-refractivity contribution in [2.24, 2.45) is 0 Å². The van der Waals surface area contributed by atoms with Gasteiger partial charge in [0.15, 0.2) is 0 Å². The van der Waals surface area contributed by atoms with Crippen LogP contribution in [0.2, 0.25) is 0 Å². The predicted octanol–water partition coefficient (Wildman–Crippen LogP) is 3.37. The molecule has 0 aromatic heterocycles. The van der Waals surface area contributed by atoms with E-state index in [1.807, 2.05) is 18.2 Å². The number of carbonyl (C=O) groups excluding carboxylic acids is 2. The highest BCUT2D eigenvalue weighted by atomic mass is 79.9. The molecule has 2 rings (SSSR count). The van der Waals surface area contributed by atoms with Crippen LogP contribution in [0.3, 0.4) is 0 Å². The molecule has 0 saturated heterocycles. The van der Waals surface area contributed by atoms with Gasteiger partial charge >= 0.3 is 0 Å². The monoisotopic (exact) mass is 424 g/mol. The van der Waals surface area contributed by atoms with Gasteiger partial charge in [0.05, 0.1) is 5.56 Å². The van der Waals surface area contributed by atoms with Gasteiger partial charge in [0.2, 0.25) is 0 Å². The quantitative estimate of drug-likeness (QED) is 0.721. The molecule has 0 bridgehead atoms. The first-order valence-corrected chi connectivity index (χ1v) is 8.23. The van der Waals surface area contributed by atoms with Gasteiger partial charge in [-0.05, 0) is 46.3 Å². The Morgan fingerprint density at radius 3 is 2.23 bits per heavy atom. The summed E-state index contributed by atoms with van der Waals surface area (Å²) in [6.07, 6.45) is 0. The lowest BCUT2D eigenvalue weighted by Crippen LogP contribution is -2.34. The van der Waals surface area contributed by atoms with Crippen LogP contribution >= 0.6 is 31.9 Å². The third-order valence-corrected chi connectivity index (χ3v) is 4.09. The van der Waals surface area contributed by atoms with Crippen LogP contribution in [-0.2, 0) is 0 Å². The Hall–Kier alpha value is -1.66. The van der Waals surface area contributed by atoms with E-state index in [1.54, 1.807) is 30.3 Å². The number of halogens is 2. The van der Waals surface area contributed by atoms with Crippen molar-refractivity contribution in [2.75, 3.05) is 13.1 Å². The molecule has 0 unspecified atom stereocenters. The fourth-order valence-electron chi connectivity index (χ4n) is 1.82. The highest BCUT2D eigenvalue weighted by Gasteiger charge is 2.09. The topological polar surface area (TPSA) is 58.2 Å². The Morgan fingerprint density at radius 1 is 0.864 bits per heavy atom. The summed E-state index contributed by atoms with van der Waals surface area (Å²) in [5.74, 6) is -0.347. The smallest absolute Gasteiger partial charge is 0.252 e. The molecule has 2 aromatic rings. The lowest BCUT2D eigenvalue weighted by atomic mass is 10.2. The molecule has 0 saturated carbocycles. The summed E-state index contributed by atoms with van der Waals surface area (Å²) in [5, 5.41) is 5.53. The Balaban J connectivity index is 1.79. The zero-order chi connectivity index (χ0) is 15.9. The fourth-order valence-corrected chi connectivity index (χ4v) is 2.69. The van der Waals surface area contributed by atoms with Crippen LogP contribution in [0.4, 0.5) is 0 Å². The summed E-state index contributed by atoms with van der Waals surface area (Å²) < 4.78 is 1.59. The standard InChI is InChI=1S/C16H14Br2N2O2/c17-12-5-3-4-11(10-12)15(21)19-8-9-20-16(22)13-6-1-2-7-14(13)18/h1-7,10H,8-9H2,(H,19,21)(H,20,22). The number of hydrogen-bond donors (Lipinski definition) is 2. The minimum atomic E-state index is -0.177. The number of carbonyl (C=O) groups is 2. The largest absolute Gasteiger partial charge is 0.350 e. The van der Waals surface area contributed by atoms with Crippen molar-refractivity contribution < 1.29 is 9.59 Å². The first-order valence-electron chi connectivity index (χ1n) is 6.64. The van der Waals surface area contributed by atoms with Gasteiger partial charge in [0.25, 0.3) is 11.8 Å². The van der Waals surface area contributed by atoms with Crippen molar-refractivity contribution in [1.82, 2.24) is 10.6 Å².